The van der Waals surface area contributed by atoms with E-state index < -0.39 is 10.9 Å². The van der Waals surface area contributed by atoms with E-state index in [1.165, 1.54) is 24.3 Å². The molecule has 1 aromatic heterocycles. The zero-order valence-electron chi connectivity index (χ0n) is 14.6. The highest BCUT2D eigenvalue weighted by atomic mass is 16.6. The second-order valence-corrected chi connectivity index (χ2v) is 5.31. The van der Waals surface area contributed by atoms with E-state index in [2.05, 4.69) is 4.98 Å². The first-order chi connectivity index (χ1) is 13.0. The van der Waals surface area contributed by atoms with Crippen LogP contribution in [-0.2, 0) is 16.1 Å². The summed E-state index contributed by atoms with van der Waals surface area (Å²) in [6.45, 7) is 1.96. The molecular weight excluding hydrogens is 350 g/mol. The summed E-state index contributed by atoms with van der Waals surface area (Å²) in [6, 6.07) is 11.4. The van der Waals surface area contributed by atoms with Gasteiger partial charge in [0.1, 0.15) is 12.4 Å². The highest BCUT2D eigenvalue weighted by Crippen LogP contribution is 2.27. The number of carbonyl (C=O) groups excluding carboxylic acids is 1. The fourth-order valence-corrected chi connectivity index (χ4v) is 2.22. The van der Waals surface area contributed by atoms with Gasteiger partial charge in [0.2, 0.25) is 0 Å². The number of nitro groups is 1. The maximum atomic E-state index is 12.0. The molecule has 0 fully saturated rings. The average molecular weight is 367 g/mol. The lowest BCUT2D eigenvalue weighted by molar-refractivity contribution is -0.385. The number of benzene rings is 1. The molecule has 0 saturated carbocycles. The van der Waals surface area contributed by atoms with Gasteiger partial charge in [-0.25, -0.2) is 4.79 Å². The lowest BCUT2D eigenvalue weighted by atomic mass is 10.1. The fraction of sp³-hybridized carbons (Fsp3) is 0.211. The van der Waals surface area contributed by atoms with Crippen molar-refractivity contribution in [2.24, 2.45) is 0 Å². The Morgan fingerprint density at radius 3 is 2.81 bits per heavy atom. The molecule has 0 aliphatic heterocycles. The minimum atomic E-state index is -0.687. The molecule has 1 aromatic carbocycles. The third kappa shape index (κ3) is 5.64. The van der Waals surface area contributed by atoms with Crippen LogP contribution >= 0.6 is 0 Å². The molecule has 27 heavy (non-hydrogen) atoms. The van der Waals surface area contributed by atoms with E-state index in [9.17, 15) is 14.9 Å². The van der Waals surface area contributed by atoms with Gasteiger partial charge in [-0.1, -0.05) is 6.07 Å². The summed E-state index contributed by atoms with van der Waals surface area (Å²) in [6.07, 6.45) is 2.69. The van der Waals surface area contributed by atoms with Crippen LogP contribution in [0.15, 0.2) is 48.2 Å². The van der Waals surface area contributed by atoms with Crippen LogP contribution < -0.4 is 4.74 Å². The predicted octanol–water partition coefficient (Wildman–Crippen LogP) is 3.43. The van der Waals surface area contributed by atoms with Crippen LogP contribution in [0.5, 0.6) is 5.75 Å². The number of nitro benzene ring substituents is 1. The van der Waals surface area contributed by atoms with Crippen LogP contribution in [0, 0.1) is 21.4 Å². The molecule has 8 heteroatoms. The lowest BCUT2D eigenvalue weighted by Gasteiger charge is -2.08. The molecule has 1 heterocycles. The van der Waals surface area contributed by atoms with Gasteiger partial charge in [0.05, 0.1) is 40.9 Å². The largest absolute Gasteiger partial charge is 0.487 e. The number of nitrogens with zero attached hydrogens (tertiary/aromatic N) is 3. The number of esters is 1. The van der Waals surface area contributed by atoms with E-state index in [4.69, 9.17) is 14.7 Å². The maximum Gasteiger partial charge on any atom is 0.335 e. The minimum absolute atomic E-state index is 0.0318. The topological polar surface area (TPSA) is 115 Å². The Kier molecular flexibility index (Phi) is 7.02. The van der Waals surface area contributed by atoms with Crippen LogP contribution in [0.1, 0.15) is 24.6 Å². The maximum absolute atomic E-state index is 12.0. The molecule has 0 spiro atoms. The van der Waals surface area contributed by atoms with Gasteiger partial charge in [-0.3, -0.25) is 15.1 Å². The summed E-state index contributed by atoms with van der Waals surface area (Å²) in [5.74, 6) is -0.314. The molecule has 0 atom stereocenters. The molecular formula is C19H17N3O5. The van der Waals surface area contributed by atoms with E-state index in [1.807, 2.05) is 12.1 Å². The zero-order valence-corrected chi connectivity index (χ0v) is 14.6. The van der Waals surface area contributed by atoms with Gasteiger partial charge in [0.25, 0.3) is 5.69 Å². The smallest absolute Gasteiger partial charge is 0.335 e. The summed E-state index contributed by atoms with van der Waals surface area (Å²) < 4.78 is 10.5. The highest BCUT2D eigenvalue weighted by molar-refractivity contribution is 5.94. The molecule has 0 radical (unpaired) electrons. The van der Waals surface area contributed by atoms with Crippen molar-refractivity contribution in [1.82, 2.24) is 4.98 Å². The summed E-state index contributed by atoms with van der Waals surface area (Å²) in [5.41, 5.74) is 0.672. The SMILES string of the molecule is CCOC(=O)/C(=C/c1cc(OCc2ccccn2)ccc1[N+](=O)[O-])CC#N. The Hall–Kier alpha value is -3.73. The third-order valence-electron chi connectivity index (χ3n) is 3.45. The Morgan fingerprint density at radius 2 is 2.19 bits per heavy atom. The van der Waals surface area contributed by atoms with E-state index in [-0.39, 0.29) is 36.5 Å². The molecule has 0 amide bonds. The normalized spacial score (nSPS) is 10.7. The molecule has 0 aliphatic carbocycles. The molecule has 0 saturated heterocycles. The van der Waals surface area contributed by atoms with Crippen molar-refractivity contribution in [2.45, 2.75) is 20.0 Å². The van der Waals surface area contributed by atoms with E-state index in [0.717, 1.165) is 0 Å². The van der Waals surface area contributed by atoms with Crippen LogP contribution in [0.3, 0.4) is 0 Å². The Morgan fingerprint density at radius 1 is 1.37 bits per heavy atom. The van der Waals surface area contributed by atoms with Gasteiger partial charge in [0, 0.05) is 12.3 Å². The van der Waals surface area contributed by atoms with Crippen molar-refractivity contribution in [1.29, 1.82) is 5.26 Å². The van der Waals surface area contributed by atoms with Crippen molar-refractivity contribution in [3.05, 3.63) is 69.5 Å². The number of ether oxygens (including phenoxy) is 2. The molecule has 0 unspecified atom stereocenters. The van der Waals surface area contributed by atoms with Crippen LogP contribution in [-0.4, -0.2) is 22.5 Å². The van der Waals surface area contributed by atoms with Crippen molar-refractivity contribution in [3.8, 4) is 11.8 Å². The Labute approximate surface area is 155 Å². The van der Waals surface area contributed by atoms with E-state index in [0.29, 0.717) is 11.4 Å². The van der Waals surface area contributed by atoms with Crippen LogP contribution in [0.2, 0.25) is 0 Å². The molecule has 2 rings (SSSR count). The number of rotatable bonds is 8. The summed E-state index contributed by atoms with van der Waals surface area (Å²) in [5, 5.41) is 20.2. The molecule has 0 aliphatic rings. The number of carbonyl (C=O) groups is 1. The first kappa shape index (κ1) is 19.6. The van der Waals surface area contributed by atoms with Crippen LogP contribution in [0.25, 0.3) is 6.08 Å². The first-order valence-corrected chi connectivity index (χ1v) is 8.11. The number of aromatic nitrogens is 1. The molecule has 138 valence electrons. The van der Waals surface area contributed by atoms with Gasteiger partial charge in [0.15, 0.2) is 0 Å². The summed E-state index contributed by atoms with van der Waals surface area (Å²) >= 11 is 0. The van der Waals surface area contributed by atoms with E-state index in [1.54, 1.807) is 25.3 Å². The first-order valence-electron chi connectivity index (χ1n) is 8.11. The second-order valence-electron chi connectivity index (χ2n) is 5.31. The number of pyridine rings is 1. The summed E-state index contributed by atoms with van der Waals surface area (Å²) in [4.78, 5) is 26.8. The molecule has 2 aromatic rings. The quantitative estimate of drug-likeness (QED) is 0.304. The zero-order chi connectivity index (χ0) is 19.6. The van der Waals surface area contributed by atoms with Gasteiger partial charge in [-0.2, -0.15) is 5.26 Å². The average Bonchev–Trinajstić information content (AvgIpc) is 2.67. The van der Waals surface area contributed by atoms with Gasteiger partial charge >= 0.3 is 5.97 Å². The molecule has 8 nitrogen and oxygen atoms in total. The van der Waals surface area contributed by atoms with E-state index >= 15 is 0 Å². The number of nitriles is 1. The van der Waals surface area contributed by atoms with Gasteiger partial charge in [-0.05, 0) is 37.3 Å². The predicted molar refractivity (Wildman–Crippen MR) is 96.5 cm³/mol. The highest BCUT2D eigenvalue weighted by Gasteiger charge is 2.17. The number of hydrogen-bond acceptors (Lipinski definition) is 7. The second kappa shape index (κ2) is 9.68. The van der Waals surface area contributed by atoms with Crippen LogP contribution in [0.4, 0.5) is 5.69 Å². The monoisotopic (exact) mass is 367 g/mol. The Balaban J connectivity index is 2.33. The van der Waals surface area contributed by atoms with Gasteiger partial charge < -0.3 is 9.47 Å². The van der Waals surface area contributed by atoms with Crippen molar-refractivity contribution < 1.29 is 19.2 Å². The summed E-state index contributed by atoms with van der Waals surface area (Å²) in [7, 11) is 0. The third-order valence-corrected chi connectivity index (χ3v) is 3.45. The standard InChI is InChI=1S/C19H17N3O5/c1-2-26-19(23)14(8-9-20)11-15-12-17(6-7-18(15)22(24)25)27-13-16-5-3-4-10-21-16/h3-7,10-12H,2,8,13H2,1H3/b14-11+. The van der Waals surface area contributed by atoms with Gasteiger partial charge in [-0.15, -0.1) is 0 Å². The molecule has 0 bridgehead atoms. The number of hydrogen-bond donors (Lipinski definition) is 0. The van der Waals surface area contributed by atoms with Crippen molar-refractivity contribution in [3.63, 3.8) is 0 Å². The van der Waals surface area contributed by atoms with Crippen molar-refractivity contribution in [2.75, 3.05) is 6.61 Å². The minimum Gasteiger partial charge on any atom is -0.487 e. The molecule has 0 N–H and O–H groups in total. The Bertz CT molecular complexity index is 888. The lowest BCUT2D eigenvalue weighted by Crippen LogP contribution is -2.07. The van der Waals surface area contributed by atoms with Crippen molar-refractivity contribution >= 4 is 17.7 Å². The fourth-order valence-electron chi connectivity index (χ4n) is 2.22.